The lowest BCUT2D eigenvalue weighted by molar-refractivity contribution is -0.687. The van der Waals surface area contributed by atoms with Crippen LogP contribution >= 0.6 is 0 Å². The molecule has 6 heteroatoms. The molecule has 0 aliphatic carbocycles. The summed E-state index contributed by atoms with van der Waals surface area (Å²) in [6.07, 6.45) is 2.41. The maximum Gasteiger partial charge on any atom is 0.374 e. The standard InChI is InChI=1S/C26H24N4.2BrH/c1-2-10-20-18-30-24-14-6-4-12-22(24)28-16-8-7-15-27-21-11-3-5-13-23(21)29(17-19(20)9-1)25(27)26(28)30;;/h1-6,9-14H,7-8,15-18H2;2*1H/q+2;;/p-2. The maximum atomic E-state index is 2.57. The van der Waals surface area contributed by atoms with Gasteiger partial charge in [-0.25, -0.2) is 18.3 Å². The molecule has 32 heavy (non-hydrogen) atoms. The first-order valence-corrected chi connectivity index (χ1v) is 11.0. The maximum absolute atomic E-state index is 2.57. The van der Waals surface area contributed by atoms with E-state index in [2.05, 4.69) is 91.1 Å². The number of hydrogen-bond acceptors (Lipinski definition) is 0. The molecule has 0 unspecified atom stereocenters. The highest BCUT2D eigenvalue weighted by Crippen LogP contribution is 2.30. The number of para-hydroxylation sites is 4. The summed E-state index contributed by atoms with van der Waals surface area (Å²) in [4.78, 5) is 0. The van der Waals surface area contributed by atoms with E-state index in [1.54, 1.807) is 0 Å². The molecule has 162 valence electrons. The first-order chi connectivity index (χ1) is 14.9. The zero-order chi connectivity index (χ0) is 19.7. The Hall–Kier alpha value is -2.44. The molecule has 0 spiro atoms. The van der Waals surface area contributed by atoms with Crippen molar-refractivity contribution < 1.29 is 43.1 Å². The first kappa shape index (κ1) is 21.4. The second kappa shape index (κ2) is 8.16. The average Bonchev–Trinajstić information content (AvgIpc) is 3.20. The summed E-state index contributed by atoms with van der Waals surface area (Å²) in [5.74, 6) is 2.70. The third kappa shape index (κ3) is 2.92. The Bertz CT molecular complexity index is 1350. The van der Waals surface area contributed by atoms with E-state index in [4.69, 9.17) is 0 Å². The van der Waals surface area contributed by atoms with Gasteiger partial charge in [-0.05, 0) is 37.1 Å². The van der Waals surface area contributed by atoms with E-state index in [1.165, 1.54) is 57.7 Å². The SMILES string of the molecule is [Br-].[Br-].c1ccc2c(c1)C[n+]1c3n(c4ccccc41)CCCCn1c-3[n+](c3ccccc31)C2. The molecule has 0 atom stereocenters. The fourth-order valence-electron chi connectivity index (χ4n) is 5.59. The van der Waals surface area contributed by atoms with E-state index in [0.717, 1.165) is 26.2 Å². The van der Waals surface area contributed by atoms with Crippen LogP contribution in [0.4, 0.5) is 0 Å². The van der Waals surface area contributed by atoms with Crippen LogP contribution < -0.4 is 43.1 Å². The van der Waals surface area contributed by atoms with Gasteiger partial charge in [-0.3, -0.25) is 0 Å². The van der Waals surface area contributed by atoms with Crippen molar-refractivity contribution in [2.24, 2.45) is 0 Å². The predicted octanol–water partition coefficient (Wildman–Crippen LogP) is -1.95. The molecule has 0 saturated heterocycles. The fraction of sp³-hybridized carbons (Fsp3) is 0.231. The third-order valence-corrected chi connectivity index (χ3v) is 6.94. The highest BCUT2D eigenvalue weighted by atomic mass is 79.9. The van der Waals surface area contributed by atoms with Crippen LogP contribution in [-0.4, -0.2) is 9.13 Å². The van der Waals surface area contributed by atoms with Crippen LogP contribution in [0.1, 0.15) is 24.0 Å². The van der Waals surface area contributed by atoms with Gasteiger partial charge in [0.15, 0.2) is 22.1 Å². The number of halogens is 2. The van der Waals surface area contributed by atoms with Gasteiger partial charge in [0, 0.05) is 11.1 Å². The van der Waals surface area contributed by atoms with Crippen molar-refractivity contribution >= 4 is 22.1 Å². The van der Waals surface area contributed by atoms with Gasteiger partial charge in [0.05, 0.1) is 13.1 Å². The van der Waals surface area contributed by atoms with Crippen LogP contribution in [0.25, 0.3) is 33.7 Å². The Labute approximate surface area is 208 Å². The Morgan fingerprint density at radius 1 is 0.531 bits per heavy atom. The number of benzene rings is 3. The molecule has 0 amide bonds. The zero-order valence-corrected chi connectivity index (χ0v) is 20.9. The molecule has 0 radical (unpaired) electrons. The van der Waals surface area contributed by atoms with E-state index in [9.17, 15) is 0 Å². The Balaban J connectivity index is 0.00000108. The van der Waals surface area contributed by atoms with E-state index in [1.807, 2.05) is 0 Å². The number of rotatable bonds is 0. The third-order valence-electron chi connectivity index (χ3n) is 6.94. The minimum Gasteiger partial charge on any atom is -1.00 e. The average molecular weight is 552 g/mol. The Morgan fingerprint density at radius 2 is 0.938 bits per heavy atom. The predicted molar refractivity (Wildman–Crippen MR) is 117 cm³/mol. The molecule has 5 aromatic rings. The van der Waals surface area contributed by atoms with Crippen molar-refractivity contribution in [3.05, 3.63) is 83.9 Å². The molecule has 2 aliphatic heterocycles. The molecule has 4 nitrogen and oxygen atoms in total. The van der Waals surface area contributed by atoms with Gasteiger partial charge in [0.25, 0.3) is 0 Å². The van der Waals surface area contributed by atoms with Crippen molar-refractivity contribution in [3.63, 3.8) is 0 Å². The van der Waals surface area contributed by atoms with Gasteiger partial charge in [-0.15, -0.1) is 0 Å². The van der Waals surface area contributed by atoms with Gasteiger partial charge >= 0.3 is 11.6 Å². The molecule has 0 N–H and O–H groups in total. The molecular formula is C26H24Br2N4. The van der Waals surface area contributed by atoms with Crippen molar-refractivity contribution in [1.82, 2.24) is 9.13 Å². The van der Waals surface area contributed by atoms with Gasteiger partial charge in [-0.2, -0.15) is 0 Å². The molecule has 4 heterocycles. The Morgan fingerprint density at radius 3 is 1.41 bits per heavy atom. The topological polar surface area (TPSA) is 17.6 Å². The second-order valence-corrected chi connectivity index (χ2v) is 8.58. The quantitative estimate of drug-likeness (QED) is 0.195. The first-order valence-electron chi connectivity index (χ1n) is 11.0. The summed E-state index contributed by atoms with van der Waals surface area (Å²) in [5, 5.41) is 0. The molecular weight excluding hydrogens is 528 g/mol. The molecule has 3 aromatic carbocycles. The lowest BCUT2D eigenvalue weighted by Gasteiger charge is -2.14. The minimum absolute atomic E-state index is 0. The molecule has 0 fully saturated rings. The fourth-order valence-corrected chi connectivity index (χ4v) is 5.59. The molecule has 0 saturated carbocycles. The van der Waals surface area contributed by atoms with Gasteiger partial charge in [0.1, 0.15) is 13.1 Å². The highest BCUT2D eigenvalue weighted by molar-refractivity contribution is 5.78. The lowest BCUT2D eigenvalue weighted by atomic mass is 10.1. The van der Waals surface area contributed by atoms with Crippen LogP contribution in [-0.2, 0) is 26.2 Å². The van der Waals surface area contributed by atoms with Crippen molar-refractivity contribution in [2.75, 3.05) is 0 Å². The minimum atomic E-state index is 0. The van der Waals surface area contributed by atoms with Crippen LogP contribution in [0.3, 0.4) is 0 Å². The number of nitrogens with zero attached hydrogens (tertiary/aromatic N) is 4. The largest absolute Gasteiger partial charge is 1.00 e. The number of imidazole rings is 2. The normalized spacial score (nSPS) is 14.2. The van der Waals surface area contributed by atoms with Crippen LogP contribution in [0.2, 0.25) is 0 Å². The highest BCUT2D eigenvalue weighted by Gasteiger charge is 2.40. The number of hydrogen-bond donors (Lipinski definition) is 0. The van der Waals surface area contributed by atoms with E-state index >= 15 is 0 Å². The molecule has 0 bridgehead atoms. The number of aryl methyl sites for hydroxylation is 2. The molecule has 2 aliphatic rings. The van der Waals surface area contributed by atoms with Crippen molar-refractivity contribution in [1.29, 1.82) is 0 Å². The van der Waals surface area contributed by atoms with E-state index in [-0.39, 0.29) is 34.0 Å². The Kier molecular flexibility index (Phi) is 5.46. The van der Waals surface area contributed by atoms with Gasteiger partial charge < -0.3 is 34.0 Å². The summed E-state index contributed by atoms with van der Waals surface area (Å²) in [5.41, 5.74) is 8.18. The van der Waals surface area contributed by atoms with Crippen molar-refractivity contribution in [3.8, 4) is 11.6 Å². The molecule has 7 rings (SSSR count). The molecule has 2 aromatic heterocycles. The number of aromatic nitrogens is 4. The van der Waals surface area contributed by atoms with Gasteiger partial charge in [0.2, 0.25) is 0 Å². The summed E-state index contributed by atoms with van der Waals surface area (Å²) in [6, 6.07) is 26.8. The monoisotopic (exact) mass is 550 g/mol. The summed E-state index contributed by atoms with van der Waals surface area (Å²) >= 11 is 0. The summed E-state index contributed by atoms with van der Waals surface area (Å²) in [6.45, 7) is 3.99. The van der Waals surface area contributed by atoms with Crippen LogP contribution in [0.5, 0.6) is 0 Å². The van der Waals surface area contributed by atoms with E-state index < -0.39 is 0 Å². The lowest BCUT2D eigenvalue weighted by Crippen LogP contribution is -3.00. The zero-order valence-electron chi connectivity index (χ0n) is 17.7. The summed E-state index contributed by atoms with van der Waals surface area (Å²) in [7, 11) is 0. The number of fused-ring (bicyclic) bond motifs is 7. The van der Waals surface area contributed by atoms with Crippen LogP contribution in [0.15, 0.2) is 72.8 Å². The van der Waals surface area contributed by atoms with Crippen molar-refractivity contribution in [2.45, 2.75) is 39.0 Å². The summed E-state index contributed by atoms with van der Waals surface area (Å²) < 4.78 is 10.3. The smallest absolute Gasteiger partial charge is 0.374 e. The van der Waals surface area contributed by atoms with Gasteiger partial charge in [-0.1, -0.05) is 48.5 Å². The van der Waals surface area contributed by atoms with E-state index in [0.29, 0.717) is 0 Å². The second-order valence-electron chi connectivity index (χ2n) is 8.58. The van der Waals surface area contributed by atoms with Crippen LogP contribution in [0, 0.1) is 0 Å².